The molecule has 0 bridgehead atoms. The average molecular weight is 244 g/mol. The van der Waals surface area contributed by atoms with Crippen LogP contribution < -0.4 is 4.90 Å². The van der Waals surface area contributed by atoms with Gasteiger partial charge in [-0.2, -0.15) is 0 Å². The van der Waals surface area contributed by atoms with Crippen molar-refractivity contribution in [1.29, 1.82) is 0 Å². The standard InChI is InChI=1S/C15H20N2O/c1-4-12-7-10(2)16-14(11(12)3)17-8-15(18,9-17)13-5-6-13/h4,7,13,18H,1,5-6,8-9H2,2-3H3. The van der Waals surface area contributed by atoms with Gasteiger partial charge in [0.2, 0.25) is 0 Å². The molecule has 3 heteroatoms. The summed E-state index contributed by atoms with van der Waals surface area (Å²) in [6.07, 6.45) is 4.24. The van der Waals surface area contributed by atoms with Crippen LogP contribution in [0.3, 0.4) is 0 Å². The molecular formula is C15H20N2O. The maximum Gasteiger partial charge on any atom is 0.132 e. The number of nitrogens with zero attached hydrogens (tertiary/aromatic N) is 2. The Labute approximate surface area is 108 Å². The number of aryl methyl sites for hydroxylation is 1. The van der Waals surface area contributed by atoms with Crippen LogP contribution in [0.15, 0.2) is 12.6 Å². The van der Waals surface area contributed by atoms with Crippen LogP contribution in [0.25, 0.3) is 6.08 Å². The van der Waals surface area contributed by atoms with E-state index in [1.54, 1.807) is 0 Å². The fourth-order valence-electron chi connectivity index (χ4n) is 2.91. The Balaban J connectivity index is 1.85. The van der Waals surface area contributed by atoms with E-state index in [0.29, 0.717) is 5.92 Å². The van der Waals surface area contributed by atoms with Gasteiger partial charge in [0.05, 0.1) is 13.1 Å². The summed E-state index contributed by atoms with van der Waals surface area (Å²) in [7, 11) is 0. The van der Waals surface area contributed by atoms with E-state index in [0.717, 1.165) is 35.7 Å². The van der Waals surface area contributed by atoms with Crippen LogP contribution in [0, 0.1) is 19.8 Å². The number of rotatable bonds is 3. The van der Waals surface area contributed by atoms with Gasteiger partial charge in [-0.05, 0) is 49.8 Å². The van der Waals surface area contributed by atoms with Gasteiger partial charge < -0.3 is 10.0 Å². The second kappa shape index (κ2) is 3.82. The Morgan fingerprint density at radius 2 is 2.11 bits per heavy atom. The van der Waals surface area contributed by atoms with Gasteiger partial charge in [-0.3, -0.25) is 0 Å². The van der Waals surface area contributed by atoms with Crippen molar-refractivity contribution in [3.05, 3.63) is 29.5 Å². The normalized spacial score (nSPS) is 21.6. The molecule has 0 amide bonds. The third-order valence-electron chi connectivity index (χ3n) is 4.20. The molecule has 1 aliphatic carbocycles. The lowest BCUT2D eigenvalue weighted by Gasteiger charge is -2.48. The van der Waals surface area contributed by atoms with Gasteiger partial charge in [0, 0.05) is 5.69 Å². The third kappa shape index (κ3) is 1.74. The predicted octanol–water partition coefficient (Wildman–Crippen LogP) is 2.30. The molecule has 1 aliphatic heterocycles. The van der Waals surface area contributed by atoms with Crippen LogP contribution in [0.2, 0.25) is 0 Å². The highest BCUT2D eigenvalue weighted by atomic mass is 16.3. The molecule has 3 nitrogen and oxygen atoms in total. The Bertz CT molecular complexity index is 499. The fraction of sp³-hybridized carbons (Fsp3) is 0.533. The molecule has 1 saturated heterocycles. The number of aliphatic hydroxyl groups is 1. The molecule has 1 aromatic rings. The van der Waals surface area contributed by atoms with Crippen molar-refractivity contribution in [1.82, 2.24) is 4.98 Å². The molecule has 2 fully saturated rings. The topological polar surface area (TPSA) is 36.4 Å². The minimum atomic E-state index is -0.452. The summed E-state index contributed by atoms with van der Waals surface area (Å²) < 4.78 is 0. The first-order chi connectivity index (χ1) is 8.53. The first kappa shape index (κ1) is 11.7. The van der Waals surface area contributed by atoms with E-state index in [9.17, 15) is 5.11 Å². The third-order valence-corrected chi connectivity index (χ3v) is 4.20. The summed E-state index contributed by atoms with van der Waals surface area (Å²) in [5.41, 5.74) is 2.85. The summed E-state index contributed by atoms with van der Waals surface area (Å²) in [6, 6.07) is 2.05. The van der Waals surface area contributed by atoms with E-state index < -0.39 is 5.60 Å². The SMILES string of the molecule is C=Cc1cc(C)nc(N2CC(O)(C3CC3)C2)c1C. The molecule has 0 atom stereocenters. The van der Waals surface area contributed by atoms with Crippen molar-refractivity contribution in [3.8, 4) is 0 Å². The van der Waals surface area contributed by atoms with E-state index >= 15 is 0 Å². The number of hydrogen-bond donors (Lipinski definition) is 1. The highest BCUT2D eigenvalue weighted by Gasteiger charge is 2.52. The summed E-state index contributed by atoms with van der Waals surface area (Å²) in [4.78, 5) is 6.80. The van der Waals surface area contributed by atoms with Crippen molar-refractivity contribution in [3.63, 3.8) is 0 Å². The second-order valence-corrected chi connectivity index (χ2v) is 5.74. The average Bonchev–Trinajstić information content (AvgIpc) is 3.12. The van der Waals surface area contributed by atoms with E-state index in [4.69, 9.17) is 0 Å². The minimum Gasteiger partial charge on any atom is -0.386 e. The molecule has 3 rings (SSSR count). The minimum absolute atomic E-state index is 0.452. The number of hydrogen-bond acceptors (Lipinski definition) is 3. The maximum atomic E-state index is 10.4. The Morgan fingerprint density at radius 1 is 1.44 bits per heavy atom. The smallest absolute Gasteiger partial charge is 0.132 e. The molecule has 2 aliphatic rings. The van der Waals surface area contributed by atoms with Crippen LogP contribution >= 0.6 is 0 Å². The van der Waals surface area contributed by atoms with E-state index in [-0.39, 0.29) is 0 Å². The monoisotopic (exact) mass is 244 g/mol. The zero-order valence-electron chi connectivity index (χ0n) is 11.1. The predicted molar refractivity (Wildman–Crippen MR) is 73.7 cm³/mol. The van der Waals surface area contributed by atoms with Crippen LogP contribution in [0.5, 0.6) is 0 Å². The molecule has 1 aromatic heterocycles. The zero-order valence-corrected chi connectivity index (χ0v) is 11.1. The number of pyridine rings is 1. The number of β-amino-alcohol motifs (C(OH)–C–C–N with tert-alkyl or cyclic N) is 1. The van der Waals surface area contributed by atoms with Crippen LogP contribution in [-0.4, -0.2) is 28.8 Å². The Hall–Kier alpha value is -1.35. The van der Waals surface area contributed by atoms with Gasteiger partial charge in [-0.25, -0.2) is 4.98 Å². The number of anilines is 1. The first-order valence-electron chi connectivity index (χ1n) is 6.61. The summed E-state index contributed by atoms with van der Waals surface area (Å²) in [6.45, 7) is 9.38. The van der Waals surface area contributed by atoms with Crippen molar-refractivity contribution in [2.45, 2.75) is 32.3 Å². The molecule has 0 spiro atoms. The first-order valence-corrected chi connectivity index (χ1v) is 6.61. The van der Waals surface area contributed by atoms with E-state index in [2.05, 4.69) is 29.5 Å². The van der Waals surface area contributed by atoms with Crippen molar-refractivity contribution in [2.75, 3.05) is 18.0 Å². The van der Waals surface area contributed by atoms with Gasteiger partial charge in [0.1, 0.15) is 11.4 Å². The van der Waals surface area contributed by atoms with Crippen LogP contribution in [0.1, 0.15) is 29.7 Å². The quantitative estimate of drug-likeness (QED) is 0.886. The second-order valence-electron chi connectivity index (χ2n) is 5.74. The molecular weight excluding hydrogens is 224 g/mol. The zero-order chi connectivity index (χ0) is 12.9. The van der Waals surface area contributed by atoms with Gasteiger partial charge in [-0.15, -0.1) is 0 Å². The van der Waals surface area contributed by atoms with Gasteiger partial charge >= 0.3 is 0 Å². The Morgan fingerprint density at radius 3 is 2.67 bits per heavy atom. The number of aromatic nitrogens is 1. The highest BCUT2D eigenvalue weighted by Crippen LogP contribution is 2.45. The highest BCUT2D eigenvalue weighted by molar-refractivity contribution is 5.62. The lowest BCUT2D eigenvalue weighted by Crippen LogP contribution is -2.63. The van der Waals surface area contributed by atoms with Gasteiger partial charge in [0.15, 0.2) is 0 Å². The summed E-state index contributed by atoms with van der Waals surface area (Å²) >= 11 is 0. The maximum absolute atomic E-state index is 10.4. The van der Waals surface area contributed by atoms with Crippen LogP contribution in [0.4, 0.5) is 5.82 Å². The molecule has 0 aromatic carbocycles. The van der Waals surface area contributed by atoms with Gasteiger partial charge in [0.25, 0.3) is 0 Å². The lowest BCUT2D eigenvalue weighted by molar-refractivity contribution is -0.00981. The molecule has 18 heavy (non-hydrogen) atoms. The van der Waals surface area contributed by atoms with Crippen molar-refractivity contribution in [2.24, 2.45) is 5.92 Å². The molecule has 0 radical (unpaired) electrons. The van der Waals surface area contributed by atoms with Crippen molar-refractivity contribution >= 4 is 11.9 Å². The van der Waals surface area contributed by atoms with Gasteiger partial charge in [-0.1, -0.05) is 12.7 Å². The molecule has 2 heterocycles. The van der Waals surface area contributed by atoms with Crippen molar-refractivity contribution < 1.29 is 5.11 Å². The molecule has 1 N–H and O–H groups in total. The molecule has 0 unspecified atom stereocenters. The Kier molecular flexibility index (Phi) is 2.49. The largest absolute Gasteiger partial charge is 0.386 e. The van der Waals surface area contributed by atoms with E-state index in [1.807, 2.05) is 13.0 Å². The molecule has 96 valence electrons. The van der Waals surface area contributed by atoms with Crippen LogP contribution in [-0.2, 0) is 0 Å². The summed E-state index contributed by atoms with van der Waals surface area (Å²) in [5, 5.41) is 10.4. The fourth-order valence-corrected chi connectivity index (χ4v) is 2.91. The van der Waals surface area contributed by atoms with E-state index in [1.165, 1.54) is 12.8 Å². The summed E-state index contributed by atoms with van der Waals surface area (Å²) in [5.74, 6) is 1.54. The lowest BCUT2D eigenvalue weighted by atomic mass is 9.88. The molecule has 1 saturated carbocycles.